The third kappa shape index (κ3) is 4.28. The van der Waals surface area contributed by atoms with Crippen LogP contribution in [-0.2, 0) is 6.18 Å². The molecule has 1 N–H and O–H groups in total. The summed E-state index contributed by atoms with van der Waals surface area (Å²) in [6.07, 6.45) is -2.00. The predicted molar refractivity (Wildman–Crippen MR) is 106 cm³/mol. The van der Waals surface area contributed by atoms with Crippen molar-refractivity contribution < 1.29 is 18.0 Å². The lowest BCUT2D eigenvalue weighted by atomic mass is 9.92. The molecule has 2 aromatic rings. The molecule has 2 aliphatic heterocycles. The normalized spacial score (nSPS) is 22.0. The second kappa shape index (κ2) is 8.36. The number of nitrogens with one attached hydrogen (secondary N) is 1. The third-order valence-corrected chi connectivity index (χ3v) is 5.85. The molecular formula is C20H24ClF3N4O. The molecule has 0 bridgehead atoms. The molecular weight excluding hydrogens is 405 g/mol. The van der Waals surface area contributed by atoms with E-state index in [2.05, 4.69) is 10.4 Å². The van der Waals surface area contributed by atoms with Gasteiger partial charge in [0.25, 0.3) is 5.91 Å². The van der Waals surface area contributed by atoms with Crippen LogP contribution in [0.5, 0.6) is 0 Å². The minimum Gasteiger partial charge on any atom is -0.339 e. The number of rotatable bonds is 2. The fraction of sp³-hybridized carbons (Fsp3) is 0.500. The second-order valence-electron chi connectivity index (χ2n) is 7.70. The Bertz CT molecular complexity index is 852. The van der Waals surface area contributed by atoms with Crippen LogP contribution in [0, 0.1) is 18.8 Å². The molecule has 0 spiro atoms. The summed E-state index contributed by atoms with van der Waals surface area (Å²) in [6.45, 7) is 4.66. The van der Waals surface area contributed by atoms with Crippen LogP contribution in [0.15, 0.2) is 30.5 Å². The molecule has 3 heterocycles. The molecule has 0 unspecified atom stereocenters. The summed E-state index contributed by atoms with van der Waals surface area (Å²) in [6, 6.07) is 6.60. The molecule has 1 amide bonds. The predicted octanol–water partition coefficient (Wildman–Crippen LogP) is 3.69. The topological polar surface area (TPSA) is 50.2 Å². The minimum absolute atomic E-state index is 0. The first-order valence-electron chi connectivity index (χ1n) is 9.57. The van der Waals surface area contributed by atoms with Crippen molar-refractivity contribution in [1.82, 2.24) is 20.0 Å². The summed E-state index contributed by atoms with van der Waals surface area (Å²) in [5, 5.41) is 7.27. The van der Waals surface area contributed by atoms with E-state index in [1.807, 2.05) is 6.92 Å². The van der Waals surface area contributed by atoms with Gasteiger partial charge in [-0.3, -0.25) is 4.79 Å². The van der Waals surface area contributed by atoms with Gasteiger partial charge in [-0.05, 0) is 56.8 Å². The molecule has 2 aliphatic rings. The zero-order chi connectivity index (χ0) is 19.9. The fourth-order valence-electron chi connectivity index (χ4n) is 4.25. The number of fused-ring (bicyclic) bond motifs is 1. The summed E-state index contributed by atoms with van der Waals surface area (Å²) in [4.78, 5) is 14.6. The largest absolute Gasteiger partial charge is 0.434 e. The van der Waals surface area contributed by atoms with E-state index >= 15 is 0 Å². The van der Waals surface area contributed by atoms with Crippen molar-refractivity contribution in [2.45, 2.75) is 25.9 Å². The number of alkyl halides is 3. The summed E-state index contributed by atoms with van der Waals surface area (Å²) >= 11 is 0. The van der Waals surface area contributed by atoms with Crippen LogP contribution in [0.2, 0.25) is 0 Å². The highest BCUT2D eigenvalue weighted by molar-refractivity contribution is 5.95. The molecule has 1 aromatic carbocycles. The van der Waals surface area contributed by atoms with Crippen molar-refractivity contribution in [3.8, 4) is 5.69 Å². The van der Waals surface area contributed by atoms with Crippen molar-refractivity contribution in [3.05, 3.63) is 47.3 Å². The van der Waals surface area contributed by atoms with Gasteiger partial charge in [0, 0.05) is 13.1 Å². The number of carbonyl (C=O) groups excluding carboxylic acids is 1. The SMILES string of the molecule is Cc1ccc(-n2ncc(C(=O)N3CC[C@@H]4CNC[C@@H]4CC3)c2C(F)(F)F)cc1.Cl. The molecule has 9 heteroatoms. The number of aryl methyl sites for hydroxylation is 1. The maximum atomic E-state index is 13.9. The molecule has 2 fully saturated rings. The molecule has 5 nitrogen and oxygen atoms in total. The Labute approximate surface area is 173 Å². The minimum atomic E-state index is -4.68. The van der Waals surface area contributed by atoms with Gasteiger partial charge in [-0.15, -0.1) is 12.4 Å². The van der Waals surface area contributed by atoms with Crippen molar-refractivity contribution in [2.75, 3.05) is 26.2 Å². The number of carbonyl (C=O) groups is 1. The highest BCUT2D eigenvalue weighted by Gasteiger charge is 2.42. The lowest BCUT2D eigenvalue weighted by Crippen LogP contribution is -2.34. The Kier molecular flexibility index (Phi) is 6.24. The van der Waals surface area contributed by atoms with Gasteiger partial charge in [0.2, 0.25) is 0 Å². The summed E-state index contributed by atoms with van der Waals surface area (Å²) < 4.78 is 42.4. The zero-order valence-electron chi connectivity index (χ0n) is 16.1. The molecule has 29 heavy (non-hydrogen) atoms. The van der Waals surface area contributed by atoms with E-state index in [1.165, 1.54) is 0 Å². The molecule has 0 radical (unpaired) electrons. The molecule has 158 valence electrons. The van der Waals surface area contributed by atoms with E-state index in [1.54, 1.807) is 29.2 Å². The van der Waals surface area contributed by atoms with E-state index in [9.17, 15) is 18.0 Å². The lowest BCUT2D eigenvalue weighted by molar-refractivity contribution is -0.143. The van der Waals surface area contributed by atoms with Crippen LogP contribution in [0.1, 0.15) is 34.5 Å². The second-order valence-corrected chi connectivity index (χ2v) is 7.70. The van der Waals surface area contributed by atoms with E-state index in [0.717, 1.165) is 42.4 Å². The number of aromatic nitrogens is 2. The Morgan fingerprint density at radius 1 is 1.10 bits per heavy atom. The van der Waals surface area contributed by atoms with Gasteiger partial charge in [0.1, 0.15) is 0 Å². The van der Waals surface area contributed by atoms with Crippen molar-refractivity contribution >= 4 is 18.3 Å². The first-order valence-corrected chi connectivity index (χ1v) is 9.57. The first kappa shape index (κ1) is 21.6. The maximum absolute atomic E-state index is 13.9. The van der Waals surface area contributed by atoms with Gasteiger partial charge >= 0.3 is 6.18 Å². The van der Waals surface area contributed by atoms with Gasteiger partial charge in [-0.1, -0.05) is 17.7 Å². The van der Waals surface area contributed by atoms with Crippen LogP contribution in [0.25, 0.3) is 5.69 Å². The summed E-state index contributed by atoms with van der Waals surface area (Å²) in [5.41, 5.74) is -0.162. The van der Waals surface area contributed by atoms with Gasteiger partial charge in [-0.2, -0.15) is 18.3 Å². The fourth-order valence-corrected chi connectivity index (χ4v) is 4.25. The lowest BCUT2D eigenvalue weighted by Gasteiger charge is -2.21. The van der Waals surface area contributed by atoms with Gasteiger partial charge in [0.15, 0.2) is 5.69 Å². The van der Waals surface area contributed by atoms with Crippen molar-refractivity contribution in [1.29, 1.82) is 0 Å². The van der Waals surface area contributed by atoms with E-state index in [0.29, 0.717) is 24.9 Å². The summed E-state index contributed by atoms with van der Waals surface area (Å²) in [5.74, 6) is 0.406. The monoisotopic (exact) mass is 428 g/mol. The quantitative estimate of drug-likeness (QED) is 0.793. The molecule has 4 rings (SSSR count). The van der Waals surface area contributed by atoms with Crippen LogP contribution in [0.4, 0.5) is 13.2 Å². The average molecular weight is 429 g/mol. The van der Waals surface area contributed by atoms with Crippen molar-refractivity contribution in [3.63, 3.8) is 0 Å². The number of hydrogen-bond donors (Lipinski definition) is 1. The third-order valence-electron chi connectivity index (χ3n) is 5.85. The van der Waals surface area contributed by atoms with Gasteiger partial charge in [0.05, 0.1) is 17.4 Å². The van der Waals surface area contributed by atoms with Crippen LogP contribution < -0.4 is 5.32 Å². The molecule has 1 aromatic heterocycles. The molecule has 0 aliphatic carbocycles. The van der Waals surface area contributed by atoms with E-state index in [4.69, 9.17) is 0 Å². The van der Waals surface area contributed by atoms with Gasteiger partial charge < -0.3 is 10.2 Å². The van der Waals surface area contributed by atoms with Crippen LogP contribution >= 0.6 is 12.4 Å². The Morgan fingerprint density at radius 3 is 2.24 bits per heavy atom. The van der Waals surface area contributed by atoms with E-state index in [-0.39, 0.29) is 23.7 Å². The highest BCUT2D eigenvalue weighted by Crippen LogP contribution is 2.35. The zero-order valence-corrected chi connectivity index (χ0v) is 16.9. The molecule has 0 saturated carbocycles. The Morgan fingerprint density at radius 2 is 1.69 bits per heavy atom. The standard InChI is InChI=1S/C20H23F3N4O.ClH/c1-13-2-4-16(5-3-13)27-18(20(21,22)23)17(12-25-27)19(28)26-8-6-14-10-24-11-15(14)7-9-26;/h2-5,12,14-15,24H,6-11H2,1H3;1H/t14-,15+;. The number of halogens is 4. The average Bonchev–Trinajstić information content (AvgIpc) is 3.24. The summed E-state index contributed by atoms with van der Waals surface area (Å²) in [7, 11) is 0. The Balaban J connectivity index is 0.00000240. The first-order chi connectivity index (χ1) is 13.3. The Hall–Kier alpha value is -2.06. The number of likely N-dealkylation sites (tertiary alicyclic amines) is 1. The molecule has 2 atom stereocenters. The number of nitrogens with zero attached hydrogens (tertiary/aromatic N) is 3. The van der Waals surface area contributed by atoms with Crippen molar-refractivity contribution in [2.24, 2.45) is 11.8 Å². The van der Waals surface area contributed by atoms with Crippen LogP contribution in [0.3, 0.4) is 0 Å². The number of hydrogen-bond acceptors (Lipinski definition) is 3. The van der Waals surface area contributed by atoms with Gasteiger partial charge in [-0.25, -0.2) is 4.68 Å². The molecule has 2 saturated heterocycles. The smallest absolute Gasteiger partial charge is 0.339 e. The number of amides is 1. The van der Waals surface area contributed by atoms with Crippen LogP contribution in [-0.4, -0.2) is 46.8 Å². The maximum Gasteiger partial charge on any atom is 0.434 e. The highest BCUT2D eigenvalue weighted by atomic mass is 35.5. The van der Waals surface area contributed by atoms with E-state index < -0.39 is 17.8 Å². The number of benzene rings is 1.